The predicted octanol–water partition coefficient (Wildman–Crippen LogP) is 1.10. The van der Waals surface area contributed by atoms with Crippen molar-refractivity contribution in [2.45, 2.75) is 6.92 Å². The van der Waals surface area contributed by atoms with Crippen LogP contribution in [0.2, 0.25) is 0 Å². The molecule has 0 unspecified atom stereocenters. The highest BCUT2D eigenvalue weighted by Crippen LogP contribution is 2.10. The third-order valence-electron chi connectivity index (χ3n) is 2.28. The highest BCUT2D eigenvalue weighted by Gasteiger charge is 2.08. The second kappa shape index (κ2) is 7.73. The van der Waals surface area contributed by atoms with Gasteiger partial charge in [0, 0.05) is 24.4 Å². The van der Waals surface area contributed by atoms with Gasteiger partial charge in [-0.1, -0.05) is 12.1 Å². The number of benzene rings is 1. The van der Waals surface area contributed by atoms with Gasteiger partial charge in [-0.25, -0.2) is 4.79 Å². The summed E-state index contributed by atoms with van der Waals surface area (Å²) in [6.45, 7) is 1.29. The maximum atomic E-state index is 11.6. The molecule has 1 rings (SSSR count). The van der Waals surface area contributed by atoms with Gasteiger partial charge in [0.25, 0.3) is 11.8 Å². The van der Waals surface area contributed by atoms with E-state index in [1.54, 1.807) is 25.1 Å². The maximum absolute atomic E-state index is 11.6. The van der Waals surface area contributed by atoms with Gasteiger partial charge in [0.15, 0.2) is 6.61 Å². The Kier molecular flexibility index (Phi) is 5.96. The Balaban J connectivity index is 2.58. The Morgan fingerprint density at radius 3 is 2.70 bits per heavy atom. The van der Waals surface area contributed by atoms with Crippen LogP contribution in [0.4, 0.5) is 5.69 Å². The van der Waals surface area contributed by atoms with E-state index in [9.17, 15) is 14.4 Å². The number of hydrogen-bond donors (Lipinski definition) is 2. The lowest BCUT2D eigenvalue weighted by atomic mass is 10.2. The first-order valence-electron chi connectivity index (χ1n) is 5.98. The third kappa shape index (κ3) is 4.93. The predicted molar refractivity (Wildman–Crippen MR) is 74.2 cm³/mol. The van der Waals surface area contributed by atoms with E-state index in [-0.39, 0.29) is 12.5 Å². The summed E-state index contributed by atoms with van der Waals surface area (Å²) < 4.78 is 4.70. The molecule has 2 N–H and O–H groups in total. The lowest BCUT2D eigenvalue weighted by molar-refractivity contribution is -0.142. The van der Waals surface area contributed by atoms with Gasteiger partial charge in [-0.3, -0.25) is 9.59 Å². The van der Waals surface area contributed by atoms with Gasteiger partial charge in [-0.15, -0.1) is 0 Å². The number of carbonyl (C=O) groups excluding carboxylic acids is 3. The number of amides is 2. The zero-order valence-electron chi connectivity index (χ0n) is 11.3. The zero-order chi connectivity index (χ0) is 15.0. The number of carbonyl (C=O) groups is 3. The Morgan fingerprint density at radius 1 is 1.30 bits per heavy atom. The van der Waals surface area contributed by atoms with Crippen molar-refractivity contribution in [3.8, 4) is 0 Å². The normalized spacial score (nSPS) is 10.1. The Bertz CT molecular complexity index is 538. The fourth-order valence-corrected chi connectivity index (χ4v) is 1.40. The van der Waals surface area contributed by atoms with Gasteiger partial charge in [0.05, 0.1) is 0 Å². The van der Waals surface area contributed by atoms with E-state index < -0.39 is 11.9 Å². The summed E-state index contributed by atoms with van der Waals surface area (Å²) in [6.07, 6.45) is 2.74. The Morgan fingerprint density at radius 2 is 2.05 bits per heavy atom. The lowest BCUT2D eigenvalue weighted by Crippen LogP contribution is -2.21. The number of ether oxygens (including phenoxy) is 1. The molecule has 0 spiro atoms. The second-order valence-electron chi connectivity index (χ2n) is 3.82. The number of hydrogen-bond acceptors (Lipinski definition) is 4. The van der Waals surface area contributed by atoms with Crippen LogP contribution in [0.5, 0.6) is 0 Å². The highest BCUT2D eigenvalue weighted by atomic mass is 16.5. The molecule has 20 heavy (non-hydrogen) atoms. The average molecular weight is 276 g/mol. The molecule has 0 saturated carbocycles. The standard InChI is InChI=1S/C14H16N2O4/c1-3-5-13(18)20-9-12(17)16-11-7-4-6-10(8-11)14(19)15-2/h3-8H,9H2,1-2H3,(H,15,19)(H,16,17)/b5-3+. The Hall–Kier alpha value is -2.63. The number of esters is 1. The molecule has 6 heteroatoms. The van der Waals surface area contributed by atoms with Crippen LogP contribution in [-0.4, -0.2) is 31.4 Å². The summed E-state index contributed by atoms with van der Waals surface area (Å²) >= 11 is 0. The van der Waals surface area contributed by atoms with Gasteiger partial charge in [0.1, 0.15) is 0 Å². The van der Waals surface area contributed by atoms with Crippen molar-refractivity contribution in [3.05, 3.63) is 42.0 Å². The first-order valence-corrected chi connectivity index (χ1v) is 5.98. The molecule has 0 aromatic heterocycles. The molecule has 0 saturated heterocycles. The molecule has 0 radical (unpaired) electrons. The first-order chi connectivity index (χ1) is 9.56. The quantitative estimate of drug-likeness (QED) is 0.623. The molecule has 2 amide bonds. The summed E-state index contributed by atoms with van der Waals surface area (Å²) in [7, 11) is 1.52. The van der Waals surface area contributed by atoms with Gasteiger partial charge < -0.3 is 15.4 Å². The monoisotopic (exact) mass is 276 g/mol. The smallest absolute Gasteiger partial charge is 0.330 e. The molecule has 0 aliphatic rings. The van der Waals surface area contributed by atoms with Crippen molar-refractivity contribution < 1.29 is 19.1 Å². The second-order valence-corrected chi connectivity index (χ2v) is 3.82. The van der Waals surface area contributed by atoms with Crippen molar-refractivity contribution >= 4 is 23.5 Å². The van der Waals surface area contributed by atoms with E-state index in [0.717, 1.165) is 0 Å². The summed E-state index contributed by atoms with van der Waals surface area (Å²) in [5.41, 5.74) is 0.884. The molecule has 0 aliphatic carbocycles. The largest absolute Gasteiger partial charge is 0.452 e. The molecule has 106 valence electrons. The van der Waals surface area contributed by atoms with E-state index in [4.69, 9.17) is 4.74 Å². The van der Waals surface area contributed by atoms with E-state index in [2.05, 4.69) is 10.6 Å². The van der Waals surface area contributed by atoms with Gasteiger partial charge in [0.2, 0.25) is 0 Å². The van der Waals surface area contributed by atoms with Crippen molar-refractivity contribution in [3.63, 3.8) is 0 Å². The van der Waals surface area contributed by atoms with Crippen LogP contribution in [0, 0.1) is 0 Å². The van der Waals surface area contributed by atoms with Crippen molar-refractivity contribution in [1.82, 2.24) is 5.32 Å². The SMILES string of the molecule is C/C=C/C(=O)OCC(=O)Nc1cccc(C(=O)NC)c1. The molecule has 0 heterocycles. The van der Waals surface area contributed by atoms with Gasteiger partial charge >= 0.3 is 5.97 Å². The van der Waals surface area contributed by atoms with Gasteiger partial charge in [-0.2, -0.15) is 0 Å². The lowest BCUT2D eigenvalue weighted by Gasteiger charge is -2.07. The number of rotatable bonds is 5. The number of anilines is 1. The summed E-state index contributed by atoms with van der Waals surface area (Å²) in [4.78, 5) is 34.0. The van der Waals surface area contributed by atoms with Crippen LogP contribution in [0.15, 0.2) is 36.4 Å². The van der Waals surface area contributed by atoms with Crippen molar-refractivity contribution in [2.75, 3.05) is 19.0 Å². The summed E-state index contributed by atoms with van der Waals surface area (Å²) in [5, 5.41) is 5.03. The Labute approximate surface area is 116 Å². The van der Waals surface area contributed by atoms with Crippen LogP contribution in [0.25, 0.3) is 0 Å². The molecular weight excluding hydrogens is 260 g/mol. The average Bonchev–Trinajstić information content (AvgIpc) is 2.45. The first kappa shape index (κ1) is 15.4. The molecule has 0 fully saturated rings. The summed E-state index contributed by atoms with van der Waals surface area (Å²) in [6, 6.07) is 6.44. The van der Waals surface area contributed by atoms with Crippen LogP contribution >= 0.6 is 0 Å². The van der Waals surface area contributed by atoms with E-state index in [1.807, 2.05) is 0 Å². The highest BCUT2D eigenvalue weighted by molar-refractivity contribution is 5.97. The molecule has 6 nitrogen and oxygen atoms in total. The van der Waals surface area contributed by atoms with Crippen LogP contribution in [-0.2, 0) is 14.3 Å². The molecule has 0 aliphatic heterocycles. The molecule has 0 bridgehead atoms. The minimum Gasteiger partial charge on any atom is -0.452 e. The molecule has 1 aromatic carbocycles. The molecular formula is C14H16N2O4. The number of allylic oxidation sites excluding steroid dienone is 1. The van der Waals surface area contributed by atoms with E-state index in [1.165, 1.54) is 25.3 Å². The minimum atomic E-state index is -0.582. The van der Waals surface area contributed by atoms with E-state index >= 15 is 0 Å². The molecule has 0 atom stereocenters. The summed E-state index contributed by atoms with van der Waals surface area (Å²) in [5.74, 6) is -1.31. The van der Waals surface area contributed by atoms with Crippen LogP contribution in [0.1, 0.15) is 17.3 Å². The van der Waals surface area contributed by atoms with Crippen molar-refractivity contribution in [2.24, 2.45) is 0 Å². The topological polar surface area (TPSA) is 84.5 Å². The zero-order valence-corrected chi connectivity index (χ0v) is 11.3. The van der Waals surface area contributed by atoms with Crippen LogP contribution in [0.3, 0.4) is 0 Å². The van der Waals surface area contributed by atoms with Gasteiger partial charge in [-0.05, 0) is 25.1 Å². The van der Waals surface area contributed by atoms with E-state index in [0.29, 0.717) is 11.3 Å². The fourth-order valence-electron chi connectivity index (χ4n) is 1.40. The van der Waals surface area contributed by atoms with Crippen molar-refractivity contribution in [1.29, 1.82) is 0 Å². The van der Waals surface area contributed by atoms with Crippen LogP contribution < -0.4 is 10.6 Å². The number of nitrogens with one attached hydrogen (secondary N) is 2. The minimum absolute atomic E-state index is 0.249. The fraction of sp³-hybridized carbons (Fsp3) is 0.214. The maximum Gasteiger partial charge on any atom is 0.330 e. The third-order valence-corrected chi connectivity index (χ3v) is 2.28. The molecule has 1 aromatic rings.